The lowest BCUT2D eigenvalue weighted by Gasteiger charge is -2.24. The van der Waals surface area contributed by atoms with E-state index in [2.05, 4.69) is 13.8 Å². The molecule has 3 rings (SSSR count). The van der Waals surface area contributed by atoms with Gasteiger partial charge in [0.15, 0.2) is 0 Å². The third-order valence-electron chi connectivity index (χ3n) is 8.84. The van der Waals surface area contributed by atoms with E-state index in [1.54, 1.807) is 9.80 Å². The predicted molar refractivity (Wildman–Crippen MR) is 173 cm³/mol. The molecule has 2 saturated heterocycles. The highest BCUT2D eigenvalue weighted by molar-refractivity contribution is 6.04. The van der Waals surface area contributed by atoms with E-state index in [0.717, 1.165) is 88.2 Å². The van der Waals surface area contributed by atoms with Crippen molar-refractivity contribution < 1.29 is 19.2 Å². The zero-order valence-electron chi connectivity index (χ0n) is 27.2. The maximum absolute atomic E-state index is 13.5. The van der Waals surface area contributed by atoms with Gasteiger partial charge in [0.2, 0.25) is 0 Å². The normalized spacial score (nSPS) is 18.9. The molecule has 246 valence electrons. The summed E-state index contributed by atoms with van der Waals surface area (Å²) in [5.74, 6) is -0.222. The van der Waals surface area contributed by atoms with Gasteiger partial charge in [-0.2, -0.15) is 0 Å². The number of carbonyl (C=O) groups excluding carboxylic acids is 4. The number of nitrogens with zero attached hydrogens (tertiary/aromatic N) is 4. The van der Waals surface area contributed by atoms with Crippen LogP contribution in [-0.4, -0.2) is 81.7 Å². The standard InChI is InChI=1S/C34H56N6O4/c1-3-5-7-13-22-37-31(41)29(18-9-11-20-35)39(33(37)43)25-27-16-15-17-28(24-27)26-40-30(19-10-12-21-36)32(42)38(34(40)44)23-14-8-6-4-2/h15-17,24,29-30H,3-14,18-23,25-26,35-36H2,1-2H3/t29-,30-/m0/s1. The van der Waals surface area contributed by atoms with E-state index < -0.39 is 12.1 Å². The summed E-state index contributed by atoms with van der Waals surface area (Å²) in [6.07, 6.45) is 12.3. The Morgan fingerprint density at radius 1 is 0.591 bits per heavy atom. The molecule has 2 fully saturated rings. The fraction of sp³-hybridized carbons (Fsp3) is 0.706. The molecular weight excluding hydrogens is 556 g/mol. The molecule has 2 aliphatic rings. The lowest BCUT2D eigenvalue weighted by Crippen LogP contribution is -2.35. The van der Waals surface area contributed by atoms with Gasteiger partial charge in [0.25, 0.3) is 11.8 Å². The fourth-order valence-electron chi connectivity index (χ4n) is 6.29. The minimum Gasteiger partial charge on any atom is -0.330 e. The van der Waals surface area contributed by atoms with Crippen LogP contribution in [0, 0.1) is 0 Å². The van der Waals surface area contributed by atoms with Crippen LogP contribution in [-0.2, 0) is 22.7 Å². The minimum absolute atomic E-state index is 0.111. The number of amides is 6. The number of urea groups is 2. The minimum atomic E-state index is -0.491. The summed E-state index contributed by atoms with van der Waals surface area (Å²) in [6, 6.07) is 6.40. The average Bonchev–Trinajstić information content (AvgIpc) is 3.37. The maximum Gasteiger partial charge on any atom is 0.327 e. The Labute approximate surface area is 264 Å². The van der Waals surface area contributed by atoms with E-state index in [4.69, 9.17) is 11.5 Å². The zero-order chi connectivity index (χ0) is 31.9. The van der Waals surface area contributed by atoms with Crippen molar-refractivity contribution in [2.75, 3.05) is 26.2 Å². The van der Waals surface area contributed by atoms with Crippen molar-refractivity contribution in [3.8, 4) is 0 Å². The first-order chi connectivity index (χ1) is 21.4. The number of imide groups is 2. The molecule has 0 unspecified atom stereocenters. The van der Waals surface area contributed by atoms with E-state index in [9.17, 15) is 19.2 Å². The van der Waals surface area contributed by atoms with E-state index in [1.165, 1.54) is 9.80 Å². The van der Waals surface area contributed by atoms with Gasteiger partial charge < -0.3 is 21.3 Å². The molecule has 6 amide bonds. The Balaban J connectivity index is 1.75. The van der Waals surface area contributed by atoms with E-state index in [1.807, 2.05) is 24.3 Å². The first kappa shape index (κ1) is 35.5. The SMILES string of the molecule is CCCCCCN1C(=O)[C@H](CCCCN)N(Cc2cccc(CN3C(=O)N(CCCCCC)C(=O)[C@@H]3CCCCN)c2)C1=O. The molecule has 0 radical (unpaired) electrons. The van der Waals surface area contributed by atoms with Crippen molar-refractivity contribution in [1.82, 2.24) is 19.6 Å². The maximum atomic E-state index is 13.5. The van der Waals surface area contributed by atoms with Crippen molar-refractivity contribution in [2.24, 2.45) is 11.5 Å². The van der Waals surface area contributed by atoms with Crippen molar-refractivity contribution in [3.05, 3.63) is 35.4 Å². The largest absolute Gasteiger partial charge is 0.330 e. The second-order valence-corrected chi connectivity index (χ2v) is 12.3. The predicted octanol–water partition coefficient (Wildman–Crippen LogP) is 5.37. The summed E-state index contributed by atoms with van der Waals surface area (Å²) < 4.78 is 0. The summed E-state index contributed by atoms with van der Waals surface area (Å²) in [4.78, 5) is 60.0. The molecule has 10 heteroatoms. The van der Waals surface area contributed by atoms with Gasteiger partial charge >= 0.3 is 12.1 Å². The first-order valence-corrected chi connectivity index (χ1v) is 17.1. The highest BCUT2D eigenvalue weighted by atomic mass is 16.2. The summed E-state index contributed by atoms with van der Waals surface area (Å²) in [6.45, 7) is 6.91. The van der Waals surface area contributed by atoms with Gasteiger partial charge in [-0.15, -0.1) is 0 Å². The number of hydrogen-bond donors (Lipinski definition) is 2. The summed E-state index contributed by atoms with van der Waals surface area (Å²) in [5.41, 5.74) is 13.2. The van der Waals surface area contributed by atoms with Gasteiger partial charge in [-0.25, -0.2) is 9.59 Å². The monoisotopic (exact) mass is 612 g/mol. The van der Waals surface area contributed by atoms with E-state index >= 15 is 0 Å². The highest BCUT2D eigenvalue weighted by Crippen LogP contribution is 2.28. The number of rotatable bonds is 22. The molecule has 2 aliphatic heterocycles. The smallest absolute Gasteiger partial charge is 0.327 e. The van der Waals surface area contributed by atoms with Crippen LogP contribution < -0.4 is 11.5 Å². The Hall–Kier alpha value is -2.98. The third kappa shape index (κ3) is 9.51. The summed E-state index contributed by atoms with van der Waals surface area (Å²) in [7, 11) is 0. The molecule has 0 spiro atoms. The van der Waals surface area contributed by atoms with Gasteiger partial charge in [0, 0.05) is 26.2 Å². The topological polar surface area (TPSA) is 133 Å². The number of carbonyl (C=O) groups is 4. The zero-order valence-corrected chi connectivity index (χ0v) is 27.2. The van der Waals surface area contributed by atoms with Crippen LogP contribution in [0.15, 0.2) is 24.3 Å². The van der Waals surface area contributed by atoms with Crippen molar-refractivity contribution >= 4 is 23.9 Å². The van der Waals surface area contributed by atoms with Crippen LogP contribution in [0.1, 0.15) is 115 Å². The molecule has 0 aromatic heterocycles. The third-order valence-corrected chi connectivity index (χ3v) is 8.84. The van der Waals surface area contributed by atoms with Crippen molar-refractivity contribution in [2.45, 2.75) is 129 Å². The van der Waals surface area contributed by atoms with Crippen molar-refractivity contribution in [3.63, 3.8) is 0 Å². The van der Waals surface area contributed by atoms with Crippen LogP contribution in [0.2, 0.25) is 0 Å². The van der Waals surface area contributed by atoms with Gasteiger partial charge in [-0.05, 0) is 75.6 Å². The molecular formula is C34H56N6O4. The molecule has 0 bridgehead atoms. The van der Waals surface area contributed by atoms with Gasteiger partial charge in [0.1, 0.15) is 12.1 Å². The molecule has 2 atom stereocenters. The van der Waals surface area contributed by atoms with Crippen LogP contribution in [0.25, 0.3) is 0 Å². The molecule has 0 saturated carbocycles. The molecule has 0 aliphatic carbocycles. The summed E-state index contributed by atoms with van der Waals surface area (Å²) in [5, 5.41) is 0. The molecule has 10 nitrogen and oxygen atoms in total. The van der Waals surface area contributed by atoms with E-state index in [-0.39, 0.29) is 23.9 Å². The lowest BCUT2D eigenvalue weighted by molar-refractivity contribution is -0.129. The number of unbranched alkanes of at least 4 members (excludes halogenated alkanes) is 8. The number of hydrogen-bond acceptors (Lipinski definition) is 6. The molecule has 44 heavy (non-hydrogen) atoms. The molecule has 2 heterocycles. The van der Waals surface area contributed by atoms with Crippen LogP contribution in [0.3, 0.4) is 0 Å². The van der Waals surface area contributed by atoms with Gasteiger partial charge in [-0.1, -0.05) is 76.6 Å². The van der Waals surface area contributed by atoms with Crippen LogP contribution in [0.4, 0.5) is 9.59 Å². The van der Waals surface area contributed by atoms with E-state index in [0.29, 0.717) is 52.1 Å². The van der Waals surface area contributed by atoms with Crippen LogP contribution >= 0.6 is 0 Å². The van der Waals surface area contributed by atoms with Gasteiger partial charge in [0.05, 0.1) is 0 Å². The van der Waals surface area contributed by atoms with Gasteiger partial charge in [-0.3, -0.25) is 19.4 Å². The lowest BCUT2D eigenvalue weighted by atomic mass is 10.0. The molecule has 1 aromatic carbocycles. The average molecular weight is 613 g/mol. The Morgan fingerprint density at radius 3 is 1.41 bits per heavy atom. The fourth-order valence-corrected chi connectivity index (χ4v) is 6.29. The number of benzene rings is 1. The second-order valence-electron chi connectivity index (χ2n) is 12.3. The Kier molecular flexibility index (Phi) is 15.1. The molecule has 4 N–H and O–H groups in total. The quantitative estimate of drug-likeness (QED) is 0.134. The molecule has 1 aromatic rings. The number of nitrogens with two attached hydrogens (primary N) is 2. The highest BCUT2D eigenvalue weighted by Gasteiger charge is 2.45. The van der Waals surface area contributed by atoms with Crippen LogP contribution in [0.5, 0.6) is 0 Å². The summed E-state index contributed by atoms with van der Waals surface area (Å²) >= 11 is 0. The Bertz CT molecular complexity index is 1000. The second kappa shape index (κ2) is 18.7. The Morgan fingerprint density at radius 2 is 1.02 bits per heavy atom. The van der Waals surface area contributed by atoms with Crippen molar-refractivity contribution in [1.29, 1.82) is 0 Å². The first-order valence-electron chi connectivity index (χ1n) is 17.1.